The van der Waals surface area contributed by atoms with E-state index in [1.165, 1.54) is 0 Å². The standard InChI is InChI=1S/C24H26N6O3/c1-2-33-20(31)14-29-9-11-30(12-10-29)15-7-8-18-19(13-15)27-23(26-18)21-22(25)16-5-3-4-6-17(16)28-24(21)32/h3-8,13H,2,9-12,14H2,1H3,(H,26,27)(H3,25,28,32). The molecule has 0 unspecified atom stereocenters. The van der Waals surface area contributed by atoms with Gasteiger partial charge in [0.2, 0.25) is 0 Å². The Kier molecular flexibility index (Phi) is 5.47. The third kappa shape index (κ3) is 4.03. The molecule has 9 heteroatoms. The minimum atomic E-state index is -0.275. The quantitative estimate of drug-likeness (QED) is 0.403. The van der Waals surface area contributed by atoms with Gasteiger partial charge in [-0.05, 0) is 31.2 Å². The number of aromatic nitrogens is 3. The van der Waals surface area contributed by atoms with Gasteiger partial charge in [-0.1, -0.05) is 18.2 Å². The van der Waals surface area contributed by atoms with Crippen LogP contribution in [0.2, 0.25) is 0 Å². The summed E-state index contributed by atoms with van der Waals surface area (Å²) in [5, 5.41) is 0.786. The number of hydrogen-bond acceptors (Lipinski definition) is 7. The van der Waals surface area contributed by atoms with Gasteiger partial charge in [0.15, 0.2) is 0 Å². The van der Waals surface area contributed by atoms with Crippen molar-refractivity contribution in [1.82, 2.24) is 19.9 Å². The van der Waals surface area contributed by atoms with Crippen LogP contribution in [-0.4, -0.2) is 65.2 Å². The van der Waals surface area contributed by atoms with Crippen molar-refractivity contribution in [2.75, 3.05) is 50.0 Å². The molecule has 0 amide bonds. The molecule has 33 heavy (non-hydrogen) atoms. The lowest BCUT2D eigenvalue weighted by atomic mass is 10.1. The van der Waals surface area contributed by atoms with Crippen LogP contribution < -0.4 is 16.2 Å². The molecule has 2 aromatic carbocycles. The number of carbonyl (C=O) groups excluding carboxylic acids is 1. The number of carbonyl (C=O) groups is 1. The van der Waals surface area contributed by atoms with Gasteiger partial charge >= 0.3 is 5.97 Å². The van der Waals surface area contributed by atoms with Gasteiger partial charge in [0.05, 0.1) is 35.4 Å². The second-order valence-electron chi connectivity index (χ2n) is 8.14. The first-order valence-electron chi connectivity index (χ1n) is 11.1. The summed E-state index contributed by atoms with van der Waals surface area (Å²) in [6.45, 7) is 5.74. The Morgan fingerprint density at radius 3 is 2.67 bits per heavy atom. The molecule has 5 rings (SSSR count). The summed E-state index contributed by atoms with van der Waals surface area (Å²) in [4.78, 5) is 39.7. The number of pyridine rings is 1. The summed E-state index contributed by atoms with van der Waals surface area (Å²) in [5.41, 5.74) is 10.2. The molecule has 0 atom stereocenters. The van der Waals surface area contributed by atoms with Gasteiger partial charge in [0.1, 0.15) is 11.4 Å². The van der Waals surface area contributed by atoms with E-state index in [2.05, 4.69) is 24.8 Å². The molecule has 1 fully saturated rings. The Morgan fingerprint density at radius 2 is 1.88 bits per heavy atom. The number of nitrogens with two attached hydrogens (primary N) is 1. The Hall–Kier alpha value is -3.85. The lowest BCUT2D eigenvalue weighted by Crippen LogP contribution is -2.48. The maximum Gasteiger partial charge on any atom is 0.320 e. The number of nitrogen functional groups attached to an aromatic ring is 1. The zero-order chi connectivity index (χ0) is 22.9. The number of fused-ring (bicyclic) bond motifs is 2. The number of imidazole rings is 1. The van der Waals surface area contributed by atoms with Crippen LogP contribution in [0.1, 0.15) is 6.92 Å². The van der Waals surface area contributed by atoms with Crippen molar-refractivity contribution in [3.8, 4) is 11.4 Å². The fourth-order valence-corrected chi connectivity index (χ4v) is 4.37. The third-order valence-corrected chi connectivity index (χ3v) is 6.06. The van der Waals surface area contributed by atoms with Crippen LogP contribution in [0.5, 0.6) is 0 Å². The number of aromatic amines is 2. The highest BCUT2D eigenvalue weighted by atomic mass is 16.5. The first-order chi connectivity index (χ1) is 16.0. The van der Waals surface area contributed by atoms with Crippen LogP contribution >= 0.6 is 0 Å². The van der Waals surface area contributed by atoms with Crippen molar-refractivity contribution in [2.24, 2.45) is 0 Å². The average Bonchev–Trinajstić information content (AvgIpc) is 3.22. The number of H-pyrrole nitrogens is 2. The largest absolute Gasteiger partial charge is 0.465 e. The molecule has 2 aromatic heterocycles. The summed E-state index contributed by atoms with van der Waals surface area (Å²) in [6, 6.07) is 13.5. The molecule has 1 aliphatic rings. The Labute approximate surface area is 190 Å². The SMILES string of the molecule is CCOC(=O)CN1CCN(c2ccc3nc(-c4c(N)c5ccccc5[nH]c4=O)[nH]c3c2)CC1. The van der Waals surface area contributed by atoms with E-state index in [0.29, 0.717) is 35.7 Å². The molecule has 3 heterocycles. The number of rotatable bonds is 5. The van der Waals surface area contributed by atoms with Crippen molar-refractivity contribution in [2.45, 2.75) is 6.92 Å². The average molecular weight is 447 g/mol. The summed E-state index contributed by atoms with van der Waals surface area (Å²) >= 11 is 0. The number of nitrogens with one attached hydrogen (secondary N) is 2. The van der Waals surface area contributed by atoms with E-state index in [-0.39, 0.29) is 11.5 Å². The smallest absolute Gasteiger partial charge is 0.320 e. The van der Waals surface area contributed by atoms with Crippen LogP contribution in [0.25, 0.3) is 33.3 Å². The van der Waals surface area contributed by atoms with Crippen LogP contribution in [0, 0.1) is 0 Å². The van der Waals surface area contributed by atoms with Gasteiger partial charge < -0.3 is 25.3 Å². The summed E-state index contributed by atoms with van der Waals surface area (Å²) in [6.07, 6.45) is 0. The molecule has 4 aromatic rings. The van der Waals surface area contributed by atoms with E-state index in [1.807, 2.05) is 49.4 Å². The predicted molar refractivity (Wildman–Crippen MR) is 129 cm³/mol. The first-order valence-corrected chi connectivity index (χ1v) is 11.1. The zero-order valence-electron chi connectivity index (χ0n) is 18.4. The van der Waals surface area contributed by atoms with Crippen molar-refractivity contribution in [3.05, 3.63) is 52.8 Å². The minimum Gasteiger partial charge on any atom is -0.465 e. The Bertz CT molecular complexity index is 1380. The van der Waals surface area contributed by atoms with Crippen molar-refractivity contribution in [3.63, 3.8) is 0 Å². The normalized spacial score (nSPS) is 14.8. The number of ether oxygens (including phenoxy) is 1. The minimum absolute atomic E-state index is 0.180. The molecular weight excluding hydrogens is 420 g/mol. The molecular formula is C24H26N6O3. The lowest BCUT2D eigenvalue weighted by Gasteiger charge is -2.35. The second-order valence-corrected chi connectivity index (χ2v) is 8.14. The molecule has 170 valence electrons. The maximum atomic E-state index is 12.8. The van der Waals surface area contributed by atoms with Gasteiger partial charge in [0.25, 0.3) is 5.56 Å². The number of piperazine rings is 1. The van der Waals surface area contributed by atoms with Gasteiger partial charge in [0, 0.05) is 37.3 Å². The number of anilines is 2. The lowest BCUT2D eigenvalue weighted by molar-refractivity contribution is -0.144. The fourth-order valence-electron chi connectivity index (χ4n) is 4.37. The highest BCUT2D eigenvalue weighted by molar-refractivity contribution is 5.97. The summed E-state index contributed by atoms with van der Waals surface area (Å²) < 4.78 is 5.04. The molecule has 4 N–H and O–H groups in total. The van der Waals surface area contributed by atoms with E-state index >= 15 is 0 Å². The van der Waals surface area contributed by atoms with Gasteiger partial charge in [-0.15, -0.1) is 0 Å². The van der Waals surface area contributed by atoms with Gasteiger partial charge in [-0.25, -0.2) is 4.98 Å². The molecule has 0 spiro atoms. The van der Waals surface area contributed by atoms with Gasteiger partial charge in [-0.2, -0.15) is 0 Å². The third-order valence-electron chi connectivity index (χ3n) is 6.06. The number of nitrogens with zero attached hydrogens (tertiary/aromatic N) is 3. The molecule has 0 radical (unpaired) electrons. The molecule has 0 saturated carbocycles. The van der Waals surface area contributed by atoms with E-state index in [4.69, 9.17) is 10.5 Å². The van der Waals surface area contributed by atoms with Crippen LogP contribution in [0.3, 0.4) is 0 Å². The van der Waals surface area contributed by atoms with Crippen LogP contribution in [0.4, 0.5) is 11.4 Å². The van der Waals surface area contributed by atoms with Crippen molar-refractivity contribution < 1.29 is 9.53 Å². The topological polar surface area (TPSA) is 120 Å². The molecule has 0 bridgehead atoms. The van der Waals surface area contributed by atoms with E-state index in [9.17, 15) is 9.59 Å². The monoisotopic (exact) mass is 446 g/mol. The molecule has 1 aliphatic heterocycles. The Morgan fingerprint density at radius 1 is 1.09 bits per heavy atom. The van der Waals surface area contributed by atoms with E-state index < -0.39 is 0 Å². The van der Waals surface area contributed by atoms with E-state index in [1.54, 1.807) is 0 Å². The summed E-state index contributed by atoms with van der Waals surface area (Å²) in [7, 11) is 0. The van der Waals surface area contributed by atoms with E-state index in [0.717, 1.165) is 48.3 Å². The van der Waals surface area contributed by atoms with Gasteiger partial charge in [-0.3, -0.25) is 14.5 Å². The Balaban J connectivity index is 1.39. The number of hydrogen-bond donors (Lipinski definition) is 3. The predicted octanol–water partition coefficient (Wildman–Crippen LogP) is 2.34. The number of esters is 1. The fraction of sp³-hybridized carbons (Fsp3) is 0.292. The van der Waals surface area contributed by atoms with Crippen LogP contribution in [-0.2, 0) is 9.53 Å². The van der Waals surface area contributed by atoms with Crippen molar-refractivity contribution >= 4 is 39.3 Å². The van der Waals surface area contributed by atoms with Crippen LogP contribution in [0.15, 0.2) is 47.3 Å². The zero-order valence-corrected chi connectivity index (χ0v) is 18.4. The highest BCUT2D eigenvalue weighted by Gasteiger charge is 2.21. The number of benzene rings is 2. The maximum absolute atomic E-state index is 12.8. The molecule has 1 saturated heterocycles. The first kappa shape index (κ1) is 21.0. The number of para-hydroxylation sites is 1. The summed E-state index contributed by atoms with van der Waals surface area (Å²) in [5.74, 6) is 0.270. The van der Waals surface area contributed by atoms with Crippen molar-refractivity contribution in [1.29, 1.82) is 0 Å². The second kappa shape index (κ2) is 8.59. The molecule has 0 aliphatic carbocycles. The molecule has 9 nitrogen and oxygen atoms in total. The highest BCUT2D eigenvalue weighted by Crippen LogP contribution is 2.29.